The molecule has 7 nitrogen and oxygen atoms in total. The van der Waals surface area contributed by atoms with Crippen molar-refractivity contribution >= 4 is 29.7 Å². The molecule has 1 rings (SSSR count). The first-order valence-electron chi connectivity index (χ1n) is 6.76. The van der Waals surface area contributed by atoms with Crippen LogP contribution in [0.1, 0.15) is 12.0 Å². The Morgan fingerprint density at radius 1 is 1.25 bits per heavy atom. The monoisotopic (exact) mass is 370 g/mol. The van der Waals surface area contributed by atoms with Crippen LogP contribution >= 0.6 is 12.4 Å². The Balaban J connectivity index is 0.00000529. The van der Waals surface area contributed by atoms with E-state index in [0.29, 0.717) is 12.6 Å². The van der Waals surface area contributed by atoms with Gasteiger partial charge in [-0.05, 0) is 19.2 Å². The topological polar surface area (TPSA) is 96.3 Å². The number of hydrogen-bond donors (Lipinski definition) is 3. The van der Waals surface area contributed by atoms with Crippen LogP contribution in [0.2, 0.25) is 0 Å². The number of halogens is 4. The van der Waals surface area contributed by atoms with Gasteiger partial charge in [0.05, 0.1) is 10.5 Å². The lowest BCUT2D eigenvalue weighted by atomic mass is 10.1. The van der Waals surface area contributed by atoms with Crippen LogP contribution < -0.4 is 16.0 Å². The molecule has 3 N–H and O–H groups in total. The number of nitro benzene ring substituents is 1. The van der Waals surface area contributed by atoms with Gasteiger partial charge in [0.2, 0.25) is 5.91 Å². The van der Waals surface area contributed by atoms with Gasteiger partial charge in [-0.1, -0.05) is 0 Å². The summed E-state index contributed by atoms with van der Waals surface area (Å²) in [4.78, 5) is 21.3. The number of carbonyl (C=O) groups is 1. The molecule has 11 heteroatoms. The maximum Gasteiger partial charge on any atom is 0.416 e. The van der Waals surface area contributed by atoms with Crippen LogP contribution in [0, 0.1) is 10.1 Å². The number of nitrogens with one attached hydrogen (secondary N) is 3. The van der Waals surface area contributed by atoms with Gasteiger partial charge < -0.3 is 16.0 Å². The first kappa shape index (κ1) is 21.9. The molecule has 0 unspecified atom stereocenters. The number of rotatable bonds is 8. The fraction of sp³-hybridized carbons (Fsp3) is 0.462. The van der Waals surface area contributed by atoms with Crippen molar-refractivity contribution in [1.29, 1.82) is 0 Å². The van der Waals surface area contributed by atoms with Gasteiger partial charge in [0, 0.05) is 32.1 Å². The standard InChI is InChI=1S/C13H17F3N4O3.ClH/c1-17-5-4-12(21)19-7-6-18-10-3-2-9(13(14,15)16)8-11(10)20(22)23;/h2-3,8,17-18H,4-7H2,1H3,(H,19,21);1H. The maximum absolute atomic E-state index is 12.6. The van der Waals surface area contributed by atoms with E-state index in [4.69, 9.17) is 0 Å². The zero-order valence-electron chi connectivity index (χ0n) is 12.8. The minimum Gasteiger partial charge on any atom is -0.378 e. The van der Waals surface area contributed by atoms with Gasteiger partial charge in [0.1, 0.15) is 5.69 Å². The lowest BCUT2D eigenvalue weighted by Gasteiger charge is -2.11. The van der Waals surface area contributed by atoms with Crippen LogP contribution in [-0.4, -0.2) is 37.5 Å². The smallest absolute Gasteiger partial charge is 0.378 e. The molecule has 0 saturated carbocycles. The highest BCUT2D eigenvalue weighted by Gasteiger charge is 2.32. The van der Waals surface area contributed by atoms with Gasteiger partial charge in [-0.25, -0.2) is 0 Å². The lowest BCUT2D eigenvalue weighted by Crippen LogP contribution is -2.30. The highest BCUT2D eigenvalue weighted by atomic mass is 35.5. The number of carbonyl (C=O) groups excluding carboxylic acids is 1. The van der Waals surface area contributed by atoms with Crippen LogP contribution in [0.5, 0.6) is 0 Å². The Morgan fingerprint density at radius 3 is 2.46 bits per heavy atom. The molecule has 0 atom stereocenters. The summed E-state index contributed by atoms with van der Waals surface area (Å²) in [5.41, 5.74) is -1.79. The van der Waals surface area contributed by atoms with E-state index < -0.39 is 22.4 Å². The Hall–Kier alpha value is -2.07. The second-order valence-corrected chi connectivity index (χ2v) is 4.62. The van der Waals surface area contributed by atoms with Crippen LogP contribution in [0.3, 0.4) is 0 Å². The number of alkyl halides is 3. The van der Waals surface area contributed by atoms with E-state index in [-0.39, 0.29) is 43.5 Å². The van der Waals surface area contributed by atoms with Crippen molar-refractivity contribution in [3.63, 3.8) is 0 Å². The van der Waals surface area contributed by atoms with E-state index in [9.17, 15) is 28.1 Å². The van der Waals surface area contributed by atoms with Crippen LogP contribution in [0.25, 0.3) is 0 Å². The van der Waals surface area contributed by atoms with Crippen molar-refractivity contribution in [2.24, 2.45) is 0 Å². The molecule has 0 heterocycles. The molecule has 0 saturated heterocycles. The molecule has 0 bridgehead atoms. The first-order valence-corrected chi connectivity index (χ1v) is 6.76. The molecule has 0 aliphatic rings. The SMILES string of the molecule is CNCCC(=O)NCCNc1ccc(C(F)(F)F)cc1[N+](=O)[O-].Cl. The third-order valence-corrected chi connectivity index (χ3v) is 2.89. The number of hydrogen-bond acceptors (Lipinski definition) is 5. The summed E-state index contributed by atoms with van der Waals surface area (Å²) in [6.07, 6.45) is -4.36. The molecule has 0 radical (unpaired) electrons. The molecule has 0 aromatic heterocycles. The summed E-state index contributed by atoms with van der Waals surface area (Å²) in [6, 6.07) is 2.25. The average Bonchev–Trinajstić information content (AvgIpc) is 2.48. The lowest BCUT2D eigenvalue weighted by molar-refractivity contribution is -0.384. The first-order chi connectivity index (χ1) is 10.8. The second kappa shape index (κ2) is 9.93. The largest absolute Gasteiger partial charge is 0.416 e. The molecule has 24 heavy (non-hydrogen) atoms. The predicted octanol–water partition coefficient (Wildman–Crippen LogP) is 2.17. The number of benzene rings is 1. The Labute approximate surface area is 142 Å². The number of nitro groups is 1. The molecular weight excluding hydrogens is 353 g/mol. The quantitative estimate of drug-likeness (QED) is 0.370. The van der Waals surface area contributed by atoms with Crippen molar-refractivity contribution in [1.82, 2.24) is 10.6 Å². The zero-order chi connectivity index (χ0) is 17.5. The summed E-state index contributed by atoms with van der Waals surface area (Å²) in [5, 5.41) is 18.9. The highest BCUT2D eigenvalue weighted by molar-refractivity contribution is 5.85. The van der Waals surface area contributed by atoms with Crippen molar-refractivity contribution < 1.29 is 22.9 Å². The van der Waals surface area contributed by atoms with Crippen molar-refractivity contribution in [2.45, 2.75) is 12.6 Å². The zero-order valence-corrected chi connectivity index (χ0v) is 13.6. The minimum absolute atomic E-state index is 0. The van der Waals surface area contributed by atoms with E-state index in [1.165, 1.54) is 0 Å². The van der Waals surface area contributed by atoms with E-state index in [1.54, 1.807) is 7.05 Å². The van der Waals surface area contributed by atoms with Gasteiger partial charge in [-0.15, -0.1) is 12.4 Å². The Bertz CT molecular complexity index is 570. The van der Waals surface area contributed by atoms with Gasteiger partial charge in [0.15, 0.2) is 0 Å². The molecule has 0 fully saturated rings. The maximum atomic E-state index is 12.6. The number of amides is 1. The van der Waals surface area contributed by atoms with E-state index in [0.717, 1.165) is 12.1 Å². The fourth-order valence-electron chi connectivity index (χ4n) is 1.73. The third kappa shape index (κ3) is 7.01. The summed E-state index contributed by atoms with van der Waals surface area (Å²) in [7, 11) is 1.71. The van der Waals surface area contributed by atoms with Crippen molar-refractivity contribution in [2.75, 3.05) is 32.0 Å². The Kier molecular flexibility index (Phi) is 9.08. The van der Waals surface area contributed by atoms with E-state index in [1.807, 2.05) is 0 Å². The second-order valence-electron chi connectivity index (χ2n) is 4.62. The van der Waals surface area contributed by atoms with Crippen molar-refractivity contribution in [3.8, 4) is 0 Å². The number of anilines is 1. The van der Waals surface area contributed by atoms with Crippen molar-refractivity contribution in [3.05, 3.63) is 33.9 Å². The molecule has 136 valence electrons. The molecule has 0 spiro atoms. The molecule has 0 aliphatic heterocycles. The van der Waals surface area contributed by atoms with Gasteiger partial charge in [0.25, 0.3) is 5.69 Å². The van der Waals surface area contributed by atoms with E-state index >= 15 is 0 Å². The predicted molar refractivity (Wildman–Crippen MR) is 85.4 cm³/mol. The van der Waals surface area contributed by atoms with Crippen LogP contribution in [0.4, 0.5) is 24.5 Å². The molecule has 0 aliphatic carbocycles. The molecule has 1 amide bonds. The highest BCUT2D eigenvalue weighted by Crippen LogP contribution is 2.34. The minimum atomic E-state index is -4.65. The average molecular weight is 371 g/mol. The van der Waals surface area contributed by atoms with Gasteiger partial charge in [-0.3, -0.25) is 14.9 Å². The summed E-state index contributed by atoms with van der Waals surface area (Å²) in [5.74, 6) is -0.192. The molecule has 1 aromatic rings. The van der Waals surface area contributed by atoms with Gasteiger partial charge in [-0.2, -0.15) is 13.2 Å². The van der Waals surface area contributed by atoms with E-state index in [2.05, 4.69) is 16.0 Å². The Morgan fingerprint density at radius 2 is 1.92 bits per heavy atom. The third-order valence-electron chi connectivity index (χ3n) is 2.89. The summed E-state index contributed by atoms with van der Waals surface area (Å²) in [6.45, 7) is 0.863. The normalized spacial score (nSPS) is 10.7. The summed E-state index contributed by atoms with van der Waals surface area (Å²) < 4.78 is 37.7. The van der Waals surface area contributed by atoms with Crippen LogP contribution in [-0.2, 0) is 11.0 Å². The van der Waals surface area contributed by atoms with Gasteiger partial charge >= 0.3 is 6.18 Å². The molecule has 1 aromatic carbocycles. The number of nitrogens with zero attached hydrogens (tertiary/aromatic N) is 1. The fourth-order valence-corrected chi connectivity index (χ4v) is 1.73. The molecular formula is C13H18ClF3N4O3. The summed E-state index contributed by atoms with van der Waals surface area (Å²) >= 11 is 0. The van der Waals surface area contributed by atoms with Crippen LogP contribution in [0.15, 0.2) is 18.2 Å².